The molecule has 0 radical (unpaired) electrons. The lowest BCUT2D eigenvalue weighted by atomic mass is 9.96. The fourth-order valence-corrected chi connectivity index (χ4v) is 3.22. The molecule has 1 aliphatic rings. The Labute approximate surface area is 163 Å². The van der Waals surface area contributed by atoms with Gasteiger partial charge in [0, 0.05) is 38.4 Å². The largest absolute Gasteiger partial charge is 0.352 e. The Balaban J connectivity index is 1.37. The summed E-state index contributed by atoms with van der Waals surface area (Å²) in [6.45, 7) is 1.84. The van der Waals surface area contributed by atoms with Crippen molar-refractivity contribution in [2.75, 3.05) is 26.2 Å². The number of carbonyl (C=O) groups excluding carboxylic acids is 3. The highest BCUT2D eigenvalue weighted by molar-refractivity contribution is 5.96. The molecule has 0 atom stereocenters. The molecule has 1 fully saturated rings. The number of amides is 3. The van der Waals surface area contributed by atoms with Gasteiger partial charge in [-0.25, -0.2) is 0 Å². The minimum absolute atomic E-state index is 0.00383. The molecule has 3 rings (SSSR count). The summed E-state index contributed by atoms with van der Waals surface area (Å²) >= 11 is 0. The number of nitrogens with one attached hydrogen (secondary N) is 2. The van der Waals surface area contributed by atoms with E-state index < -0.39 is 0 Å². The minimum atomic E-state index is -0.248. The second-order valence-corrected chi connectivity index (χ2v) is 6.99. The molecule has 0 aliphatic carbocycles. The minimum Gasteiger partial charge on any atom is -0.352 e. The van der Waals surface area contributed by atoms with E-state index in [4.69, 9.17) is 0 Å². The van der Waals surface area contributed by atoms with Crippen molar-refractivity contribution < 1.29 is 14.4 Å². The fourth-order valence-electron chi connectivity index (χ4n) is 3.22. The first-order valence-corrected chi connectivity index (χ1v) is 9.41. The molecule has 8 heteroatoms. The van der Waals surface area contributed by atoms with Crippen molar-refractivity contribution in [3.8, 4) is 0 Å². The Kier molecular flexibility index (Phi) is 6.41. The van der Waals surface area contributed by atoms with Gasteiger partial charge in [0.1, 0.15) is 0 Å². The molecule has 0 spiro atoms. The Hall–Kier alpha value is -3.16. The summed E-state index contributed by atoms with van der Waals surface area (Å²) in [6.07, 6.45) is 4.87. The second kappa shape index (κ2) is 9.16. The van der Waals surface area contributed by atoms with Crippen molar-refractivity contribution in [2.45, 2.75) is 12.8 Å². The van der Waals surface area contributed by atoms with E-state index in [9.17, 15) is 14.4 Å². The van der Waals surface area contributed by atoms with Crippen molar-refractivity contribution in [1.82, 2.24) is 25.3 Å². The summed E-state index contributed by atoms with van der Waals surface area (Å²) < 4.78 is 1.59. The maximum absolute atomic E-state index is 12.3. The normalized spacial score (nSPS) is 14.5. The fraction of sp³-hybridized carbons (Fsp3) is 0.400. The Morgan fingerprint density at radius 1 is 1.04 bits per heavy atom. The first-order chi connectivity index (χ1) is 13.5. The molecule has 1 aromatic carbocycles. The molecule has 2 N–H and O–H groups in total. The maximum Gasteiger partial charge on any atom is 0.254 e. The van der Waals surface area contributed by atoms with Crippen LogP contribution in [0.2, 0.25) is 0 Å². The Morgan fingerprint density at radius 2 is 1.71 bits per heavy atom. The lowest BCUT2D eigenvalue weighted by molar-refractivity contribution is -0.131. The van der Waals surface area contributed by atoms with Crippen LogP contribution in [0.1, 0.15) is 33.6 Å². The number of nitrogens with zero attached hydrogens (tertiary/aromatic N) is 3. The topological polar surface area (TPSA) is 96.3 Å². The average molecular weight is 383 g/mol. The van der Waals surface area contributed by atoms with Crippen LogP contribution in [-0.4, -0.2) is 58.6 Å². The number of aryl methyl sites for hydroxylation is 1. The van der Waals surface area contributed by atoms with Crippen molar-refractivity contribution >= 4 is 17.7 Å². The van der Waals surface area contributed by atoms with Gasteiger partial charge in [0.25, 0.3) is 11.8 Å². The van der Waals surface area contributed by atoms with Crippen LogP contribution in [0, 0.1) is 5.92 Å². The zero-order chi connectivity index (χ0) is 19.9. The number of hydrogen-bond donors (Lipinski definition) is 2. The van der Waals surface area contributed by atoms with E-state index in [-0.39, 0.29) is 24.3 Å². The van der Waals surface area contributed by atoms with E-state index in [1.165, 1.54) is 0 Å². The lowest BCUT2D eigenvalue weighted by Crippen LogP contribution is -2.45. The van der Waals surface area contributed by atoms with Crippen LogP contribution in [0.3, 0.4) is 0 Å². The molecular formula is C20H25N5O3. The monoisotopic (exact) mass is 383 g/mol. The van der Waals surface area contributed by atoms with Crippen LogP contribution >= 0.6 is 0 Å². The highest BCUT2D eigenvalue weighted by atomic mass is 16.2. The van der Waals surface area contributed by atoms with Crippen molar-refractivity contribution in [2.24, 2.45) is 13.0 Å². The number of rotatable bonds is 6. The van der Waals surface area contributed by atoms with Crippen molar-refractivity contribution in [1.29, 1.82) is 0 Å². The highest BCUT2D eigenvalue weighted by Gasteiger charge is 2.23. The van der Waals surface area contributed by atoms with Gasteiger partial charge in [-0.05, 0) is 30.9 Å². The standard InChI is InChI=1S/C20H25N5O3/c1-24-14-17(12-23-24)20(28)21-11-15-7-9-25(10-8-15)18(26)13-22-19(27)16-5-3-2-4-6-16/h2-6,12,14-15H,7-11,13H2,1H3,(H,21,28)(H,22,27). The first-order valence-electron chi connectivity index (χ1n) is 9.41. The number of likely N-dealkylation sites (tertiary alicyclic amines) is 1. The quantitative estimate of drug-likeness (QED) is 0.772. The van der Waals surface area contributed by atoms with Gasteiger partial charge in [0.05, 0.1) is 18.3 Å². The zero-order valence-corrected chi connectivity index (χ0v) is 15.9. The number of aromatic nitrogens is 2. The van der Waals surface area contributed by atoms with E-state index in [1.807, 2.05) is 6.07 Å². The second-order valence-electron chi connectivity index (χ2n) is 6.99. The van der Waals surface area contributed by atoms with E-state index in [0.717, 1.165) is 12.8 Å². The molecule has 1 aromatic heterocycles. The molecule has 0 unspecified atom stereocenters. The summed E-state index contributed by atoms with van der Waals surface area (Å²) in [5.41, 5.74) is 1.09. The summed E-state index contributed by atoms with van der Waals surface area (Å²) in [6, 6.07) is 8.84. The van der Waals surface area contributed by atoms with Crippen molar-refractivity contribution in [3.63, 3.8) is 0 Å². The predicted octanol–water partition coefficient (Wildman–Crippen LogP) is 0.819. The van der Waals surface area contributed by atoms with Crippen LogP contribution < -0.4 is 10.6 Å². The molecule has 0 bridgehead atoms. The SMILES string of the molecule is Cn1cc(C(=O)NCC2CCN(C(=O)CNC(=O)c3ccccc3)CC2)cn1. The van der Waals surface area contributed by atoms with Gasteiger partial charge in [-0.15, -0.1) is 0 Å². The van der Waals surface area contributed by atoms with Gasteiger partial charge in [0.15, 0.2) is 0 Å². The molecule has 0 saturated carbocycles. The molecule has 3 amide bonds. The predicted molar refractivity (Wildman–Crippen MR) is 104 cm³/mol. The third-order valence-electron chi connectivity index (χ3n) is 4.92. The van der Waals surface area contributed by atoms with Crippen LogP contribution in [0.25, 0.3) is 0 Å². The smallest absolute Gasteiger partial charge is 0.254 e. The first kappa shape index (κ1) is 19.6. The van der Waals surface area contributed by atoms with E-state index >= 15 is 0 Å². The van der Waals surface area contributed by atoms with Gasteiger partial charge in [-0.1, -0.05) is 18.2 Å². The molecule has 28 heavy (non-hydrogen) atoms. The molecule has 2 aromatic rings. The number of benzene rings is 1. The Morgan fingerprint density at radius 3 is 2.36 bits per heavy atom. The highest BCUT2D eigenvalue weighted by Crippen LogP contribution is 2.16. The summed E-state index contributed by atoms with van der Waals surface area (Å²) in [5.74, 6) is -0.122. The van der Waals surface area contributed by atoms with E-state index in [0.29, 0.717) is 36.7 Å². The van der Waals surface area contributed by atoms with Crippen LogP contribution in [0.5, 0.6) is 0 Å². The third kappa shape index (κ3) is 5.18. The van der Waals surface area contributed by atoms with Crippen LogP contribution in [0.4, 0.5) is 0 Å². The molecule has 1 saturated heterocycles. The molecular weight excluding hydrogens is 358 g/mol. The summed E-state index contributed by atoms with van der Waals surface area (Å²) in [5, 5.41) is 9.60. The maximum atomic E-state index is 12.3. The average Bonchev–Trinajstić information content (AvgIpc) is 3.17. The molecule has 148 valence electrons. The molecule has 1 aliphatic heterocycles. The molecule has 8 nitrogen and oxygen atoms in total. The van der Waals surface area contributed by atoms with Gasteiger partial charge >= 0.3 is 0 Å². The summed E-state index contributed by atoms with van der Waals surface area (Å²) in [4.78, 5) is 38.2. The van der Waals surface area contributed by atoms with Crippen LogP contribution in [-0.2, 0) is 11.8 Å². The zero-order valence-electron chi connectivity index (χ0n) is 15.9. The summed E-state index contributed by atoms with van der Waals surface area (Å²) in [7, 11) is 1.77. The number of carbonyl (C=O) groups is 3. The van der Waals surface area contributed by atoms with Crippen LogP contribution in [0.15, 0.2) is 42.7 Å². The number of piperidine rings is 1. The van der Waals surface area contributed by atoms with Gasteiger partial charge < -0.3 is 15.5 Å². The number of hydrogen-bond acceptors (Lipinski definition) is 4. The van der Waals surface area contributed by atoms with Gasteiger partial charge in [0.2, 0.25) is 5.91 Å². The van der Waals surface area contributed by atoms with Gasteiger partial charge in [-0.3, -0.25) is 19.1 Å². The Bertz CT molecular complexity index is 825. The van der Waals surface area contributed by atoms with E-state index in [2.05, 4.69) is 15.7 Å². The molecule has 2 heterocycles. The van der Waals surface area contributed by atoms with E-state index in [1.54, 1.807) is 53.3 Å². The van der Waals surface area contributed by atoms with Gasteiger partial charge in [-0.2, -0.15) is 5.10 Å². The third-order valence-corrected chi connectivity index (χ3v) is 4.92. The lowest BCUT2D eigenvalue weighted by Gasteiger charge is -2.32. The van der Waals surface area contributed by atoms with Crippen molar-refractivity contribution in [3.05, 3.63) is 53.9 Å².